The van der Waals surface area contributed by atoms with E-state index in [-0.39, 0.29) is 0 Å². The van der Waals surface area contributed by atoms with E-state index < -0.39 is 5.41 Å². The van der Waals surface area contributed by atoms with Gasteiger partial charge in [0.1, 0.15) is 0 Å². The molecule has 0 aliphatic heterocycles. The fraction of sp³-hybridized carbons (Fsp3) is 0.0154. The van der Waals surface area contributed by atoms with Crippen molar-refractivity contribution in [3.63, 3.8) is 0 Å². The first-order valence-electron chi connectivity index (χ1n) is 23.1. The third-order valence-corrected chi connectivity index (χ3v) is 17.3. The standard InChI is InChI=1S/C65H38S2/c1-2-13-40-34-42(27-26-39(40)12-1)41-14-9-15-45(35-41)47-19-10-22-55-53-32-28-44(38-62(53)67-64(47)55)43-30-33-59-56(36-43)51-31-29-46(48-20-11-21-54-52-18-5-8-25-61(52)66-63(48)54)37-60(51)65(59)57-23-6-3-16-49(57)50-17-4-7-24-58(50)65/h1-38H. The Kier molecular flexibility index (Phi) is 7.84. The van der Waals surface area contributed by atoms with Crippen LogP contribution < -0.4 is 0 Å². The van der Waals surface area contributed by atoms with Gasteiger partial charge < -0.3 is 0 Å². The maximum Gasteiger partial charge on any atom is 0.0725 e. The van der Waals surface area contributed by atoms with Crippen LogP contribution in [0.25, 0.3) is 118 Å². The minimum Gasteiger partial charge on any atom is -0.135 e. The van der Waals surface area contributed by atoms with Gasteiger partial charge in [0.15, 0.2) is 0 Å². The van der Waals surface area contributed by atoms with Gasteiger partial charge in [-0.2, -0.15) is 0 Å². The molecule has 11 aromatic carbocycles. The Morgan fingerprint density at radius 3 is 1.55 bits per heavy atom. The molecule has 0 atom stereocenters. The number of rotatable bonds is 4. The third kappa shape index (κ3) is 5.28. The lowest BCUT2D eigenvalue weighted by Crippen LogP contribution is -2.25. The predicted octanol–water partition coefficient (Wildman–Crippen LogP) is 18.6. The van der Waals surface area contributed by atoms with Gasteiger partial charge in [-0.1, -0.05) is 194 Å². The van der Waals surface area contributed by atoms with E-state index in [9.17, 15) is 0 Å². The molecule has 2 aliphatic carbocycles. The van der Waals surface area contributed by atoms with Crippen molar-refractivity contribution >= 4 is 73.8 Å². The Labute approximate surface area is 396 Å². The first kappa shape index (κ1) is 37.4. The lowest BCUT2D eigenvalue weighted by atomic mass is 9.70. The number of hydrogen-bond acceptors (Lipinski definition) is 2. The van der Waals surface area contributed by atoms with Crippen molar-refractivity contribution in [2.45, 2.75) is 5.41 Å². The molecule has 0 N–H and O–H groups in total. The van der Waals surface area contributed by atoms with Crippen molar-refractivity contribution in [2.75, 3.05) is 0 Å². The zero-order valence-electron chi connectivity index (χ0n) is 36.3. The average molecular weight is 883 g/mol. The molecule has 0 unspecified atom stereocenters. The molecular formula is C65H38S2. The summed E-state index contributed by atoms with van der Waals surface area (Å²) in [5, 5.41) is 7.81. The highest BCUT2D eigenvalue weighted by Crippen LogP contribution is 2.63. The van der Waals surface area contributed by atoms with E-state index in [1.165, 1.54) is 140 Å². The Hall–Kier alpha value is -7.88. The normalized spacial score (nSPS) is 13.2. The van der Waals surface area contributed by atoms with Gasteiger partial charge >= 0.3 is 0 Å². The van der Waals surface area contributed by atoms with Crippen LogP contribution in [-0.4, -0.2) is 0 Å². The third-order valence-electron chi connectivity index (χ3n) is 14.9. The van der Waals surface area contributed by atoms with E-state index in [1.54, 1.807) is 0 Å². The van der Waals surface area contributed by atoms with Gasteiger partial charge in [-0.3, -0.25) is 0 Å². The zero-order chi connectivity index (χ0) is 43.8. The van der Waals surface area contributed by atoms with Gasteiger partial charge in [0, 0.05) is 40.3 Å². The van der Waals surface area contributed by atoms with Crippen LogP contribution >= 0.6 is 22.7 Å². The van der Waals surface area contributed by atoms with Crippen molar-refractivity contribution < 1.29 is 0 Å². The molecule has 0 amide bonds. The fourth-order valence-corrected chi connectivity index (χ4v) is 14.4. The smallest absolute Gasteiger partial charge is 0.0725 e. The number of fused-ring (bicyclic) bond motifs is 17. The van der Waals surface area contributed by atoms with Crippen molar-refractivity contribution in [2.24, 2.45) is 0 Å². The summed E-state index contributed by atoms with van der Waals surface area (Å²) < 4.78 is 5.32. The van der Waals surface area contributed by atoms with Crippen molar-refractivity contribution in [3.8, 4) is 66.8 Å². The summed E-state index contributed by atoms with van der Waals surface area (Å²) in [5.74, 6) is 0. The second kappa shape index (κ2) is 14.1. The van der Waals surface area contributed by atoms with Crippen LogP contribution in [0.1, 0.15) is 22.3 Å². The maximum absolute atomic E-state index is 2.53. The highest BCUT2D eigenvalue weighted by atomic mass is 32.1. The van der Waals surface area contributed by atoms with Crippen LogP contribution in [0.5, 0.6) is 0 Å². The van der Waals surface area contributed by atoms with E-state index in [0.717, 1.165) is 0 Å². The highest BCUT2D eigenvalue weighted by molar-refractivity contribution is 7.26. The van der Waals surface area contributed by atoms with Crippen LogP contribution in [0.2, 0.25) is 0 Å². The van der Waals surface area contributed by atoms with Gasteiger partial charge in [0.2, 0.25) is 0 Å². The van der Waals surface area contributed by atoms with Gasteiger partial charge in [-0.25, -0.2) is 0 Å². The van der Waals surface area contributed by atoms with E-state index in [4.69, 9.17) is 0 Å². The molecule has 2 heterocycles. The monoisotopic (exact) mass is 882 g/mol. The van der Waals surface area contributed by atoms with E-state index in [2.05, 4.69) is 231 Å². The molecule has 0 bridgehead atoms. The van der Waals surface area contributed by atoms with Crippen LogP contribution in [0.4, 0.5) is 0 Å². The van der Waals surface area contributed by atoms with Crippen LogP contribution in [0, 0.1) is 0 Å². The average Bonchev–Trinajstić information content (AvgIpc) is 4.13. The van der Waals surface area contributed by atoms with E-state index in [1.807, 2.05) is 22.7 Å². The second-order valence-electron chi connectivity index (χ2n) is 18.3. The van der Waals surface area contributed by atoms with Crippen molar-refractivity contribution in [3.05, 3.63) is 253 Å². The summed E-state index contributed by atoms with van der Waals surface area (Å²) in [7, 11) is 0. The molecule has 310 valence electrons. The summed E-state index contributed by atoms with van der Waals surface area (Å²) in [6.07, 6.45) is 0. The molecular weight excluding hydrogens is 845 g/mol. The second-order valence-corrected chi connectivity index (χ2v) is 20.4. The molecule has 13 aromatic rings. The fourth-order valence-electron chi connectivity index (χ4n) is 11.9. The predicted molar refractivity (Wildman–Crippen MR) is 288 cm³/mol. The molecule has 0 nitrogen and oxygen atoms in total. The first-order valence-corrected chi connectivity index (χ1v) is 24.8. The highest BCUT2D eigenvalue weighted by Gasteiger charge is 2.51. The summed E-state index contributed by atoms with van der Waals surface area (Å²) in [5.41, 5.74) is 20.3. The Bertz CT molecular complexity index is 4190. The molecule has 2 heteroatoms. The molecule has 1 spiro atoms. The van der Waals surface area contributed by atoms with E-state index >= 15 is 0 Å². The van der Waals surface area contributed by atoms with Gasteiger partial charge in [-0.15, -0.1) is 22.7 Å². The van der Waals surface area contributed by atoms with Crippen molar-refractivity contribution in [1.82, 2.24) is 0 Å². The van der Waals surface area contributed by atoms with Crippen LogP contribution in [0.3, 0.4) is 0 Å². The Morgan fingerprint density at radius 2 is 0.746 bits per heavy atom. The minimum atomic E-state index is -0.433. The molecule has 2 aromatic heterocycles. The number of hydrogen-bond donors (Lipinski definition) is 0. The summed E-state index contributed by atoms with van der Waals surface area (Å²) in [6.45, 7) is 0. The lowest BCUT2D eigenvalue weighted by Gasteiger charge is -2.30. The van der Waals surface area contributed by atoms with Crippen molar-refractivity contribution in [1.29, 1.82) is 0 Å². The molecule has 67 heavy (non-hydrogen) atoms. The van der Waals surface area contributed by atoms with Gasteiger partial charge in [0.25, 0.3) is 0 Å². The largest absolute Gasteiger partial charge is 0.135 e. The maximum atomic E-state index is 2.53. The molecule has 15 rings (SSSR count). The molecule has 0 saturated carbocycles. The molecule has 0 fully saturated rings. The summed E-state index contributed by atoms with van der Waals surface area (Å²) >= 11 is 3.82. The quantitative estimate of drug-likeness (QED) is 0.165. The molecule has 0 radical (unpaired) electrons. The minimum absolute atomic E-state index is 0.433. The van der Waals surface area contributed by atoms with E-state index in [0.29, 0.717) is 0 Å². The summed E-state index contributed by atoms with van der Waals surface area (Å²) in [4.78, 5) is 0. The van der Waals surface area contributed by atoms with Crippen LogP contribution in [0.15, 0.2) is 231 Å². The van der Waals surface area contributed by atoms with Gasteiger partial charge in [-0.05, 0) is 136 Å². The lowest BCUT2D eigenvalue weighted by molar-refractivity contribution is 0.794. The van der Waals surface area contributed by atoms with Crippen LogP contribution in [-0.2, 0) is 5.41 Å². The summed E-state index contributed by atoms with van der Waals surface area (Å²) in [6, 6.07) is 87.0. The molecule has 0 saturated heterocycles. The Morgan fingerprint density at radius 1 is 0.239 bits per heavy atom. The Balaban J connectivity index is 0.880. The van der Waals surface area contributed by atoms with Gasteiger partial charge in [0.05, 0.1) is 5.41 Å². The SMILES string of the molecule is c1cc(-c2ccc3ccccc3c2)cc(-c2cccc3c2sc2cc(-c4ccc5c(c4)-c4ccc(-c6cccc7c6sc6ccccc67)cc4C54c5ccccc5-c5ccccc54)ccc23)c1. The number of benzene rings is 11. The molecule has 2 aliphatic rings. The first-order chi connectivity index (χ1) is 33.2. The topological polar surface area (TPSA) is 0 Å². The number of thiophene rings is 2. The zero-order valence-corrected chi connectivity index (χ0v) is 37.9.